The van der Waals surface area contributed by atoms with Crippen molar-refractivity contribution in [2.24, 2.45) is 0 Å². The summed E-state index contributed by atoms with van der Waals surface area (Å²) in [6.45, 7) is 3.68. The summed E-state index contributed by atoms with van der Waals surface area (Å²) in [5, 5.41) is 2.66. The summed E-state index contributed by atoms with van der Waals surface area (Å²) in [4.78, 5) is 25.4. The van der Waals surface area contributed by atoms with Gasteiger partial charge in [0.2, 0.25) is 0 Å². The fourth-order valence-corrected chi connectivity index (χ4v) is 3.08. The van der Waals surface area contributed by atoms with Crippen LogP contribution in [0.4, 0.5) is 5.69 Å². The maximum Gasteiger partial charge on any atom is 0.348 e. The highest BCUT2D eigenvalue weighted by atomic mass is 32.1. The summed E-state index contributed by atoms with van der Waals surface area (Å²) in [6, 6.07) is 8.79. The van der Waals surface area contributed by atoms with Crippen molar-refractivity contribution in [2.45, 2.75) is 20.3 Å². The number of hydrogen-bond donors (Lipinski definition) is 1. The number of aryl methyl sites for hydroxylation is 2. The van der Waals surface area contributed by atoms with Gasteiger partial charge in [0.15, 0.2) is 6.61 Å². The SMILES string of the molecule is CCc1cc(C(=O)OCC(=O)Nc2cccc(OC)c2)sc1C. The van der Waals surface area contributed by atoms with Gasteiger partial charge in [0.25, 0.3) is 5.91 Å². The van der Waals surface area contributed by atoms with E-state index in [4.69, 9.17) is 9.47 Å². The minimum Gasteiger partial charge on any atom is -0.497 e. The van der Waals surface area contributed by atoms with Crippen LogP contribution in [0.5, 0.6) is 5.75 Å². The van der Waals surface area contributed by atoms with Gasteiger partial charge in [-0.2, -0.15) is 0 Å². The molecule has 0 fully saturated rings. The third-order valence-corrected chi connectivity index (χ3v) is 4.36. The molecule has 0 saturated heterocycles. The second kappa shape index (κ2) is 7.78. The van der Waals surface area contributed by atoms with E-state index in [-0.39, 0.29) is 6.61 Å². The zero-order valence-electron chi connectivity index (χ0n) is 13.3. The molecule has 1 aromatic carbocycles. The normalized spacial score (nSPS) is 10.2. The monoisotopic (exact) mass is 333 g/mol. The second-order valence-corrected chi connectivity index (χ2v) is 6.16. The van der Waals surface area contributed by atoms with E-state index in [1.54, 1.807) is 31.4 Å². The number of anilines is 1. The van der Waals surface area contributed by atoms with Crippen molar-refractivity contribution in [3.8, 4) is 5.75 Å². The van der Waals surface area contributed by atoms with E-state index in [1.165, 1.54) is 11.3 Å². The minimum atomic E-state index is -0.474. The van der Waals surface area contributed by atoms with E-state index < -0.39 is 11.9 Å². The molecule has 1 N–H and O–H groups in total. The zero-order chi connectivity index (χ0) is 16.8. The molecule has 0 aliphatic rings. The van der Waals surface area contributed by atoms with Gasteiger partial charge in [0.1, 0.15) is 10.6 Å². The van der Waals surface area contributed by atoms with Gasteiger partial charge in [-0.1, -0.05) is 13.0 Å². The molecule has 5 nitrogen and oxygen atoms in total. The van der Waals surface area contributed by atoms with Crippen LogP contribution in [0.1, 0.15) is 27.0 Å². The molecule has 0 unspecified atom stereocenters. The summed E-state index contributed by atoms with van der Waals surface area (Å²) in [6.07, 6.45) is 0.867. The van der Waals surface area contributed by atoms with E-state index in [9.17, 15) is 9.59 Å². The average molecular weight is 333 g/mol. The Kier molecular flexibility index (Phi) is 5.76. The van der Waals surface area contributed by atoms with Gasteiger partial charge >= 0.3 is 5.97 Å². The number of benzene rings is 1. The lowest BCUT2D eigenvalue weighted by Crippen LogP contribution is -2.20. The van der Waals surface area contributed by atoms with Gasteiger partial charge in [-0.05, 0) is 37.1 Å². The lowest BCUT2D eigenvalue weighted by atomic mass is 10.2. The lowest BCUT2D eigenvalue weighted by molar-refractivity contribution is -0.119. The van der Waals surface area contributed by atoms with Gasteiger partial charge < -0.3 is 14.8 Å². The molecule has 1 heterocycles. The predicted octanol–water partition coefficient (Wildman–Crippen LogP) is 3.42. The molecule has 122 valence electrons. The molecule has 1 aromatic heterocycles. The molecule has 0 spiro atoms. The molecule has 23 heavy (non-hydrogen) atoms. The van der Waals surface area contributed by atoms with Crippen molar-refractivity contribution in [1.29, 1.82) is 0 Å². The molecule has 2 rings (SSSR count). The number of amides is 1. The minimum absolute atomic E-state index is 0.325. The first-order valence-electron chi connectivity index (χ1n) is 7.23. The number of hydrogen-bond acceptors (Lipinski definition) is 5. The second-order valence-electron chi connectivity index (χ2n) is 4.90. The number of nitrogens with one attached hydrogen (secondary N) is 1. The molecule has 0 bridgehead atoms. The van der Waals surface area contributed by atoms with Crippen molar-refractivity contribution < 1.29 is 19.1 Å². The molecule has 0 atom stereocenters. The van der Waals surface area contributed by atoms with Crippen LogP contribution in [0.15, 0.2) is 30.3 Å². The van der Waals surface area contributed by atoms with Crippen molar-refractivity contribution >= 4 is 28.9 Å². The maximum atomic E-state index is 12.0. The molecule has 2 aromatic rings. The first kappa shape index (κ1) is 17.0. The van der Waals surface area contributed by atoms with Gasteiger partial charge in [0, 0.05) is 16.6 Å². The van der Waals surface area contributed by atoms with Crippen LogP contribution < -0.4 is 10.1 Å². The first-order valence-corrected chi connectivity index (χ1v) is 8.05. The molecule has 1 amide bonds. The van der Waals surface area contributed by atoms with Crippen LogP contribution in [-0.2, 0) is 16.0 Å². The number of carbonyl (C=O) groups is 2. The Hall–Kier alpha value is -2.34. The topological polar surface area (TPSA) is 64.6 Å². The van der Waals surface area contributed by atoms with Gasteiger partial charge in [-0.3, -0.25) is 4.79 Å². The van der Waals surface area contributed by atoms with Crippen LogP contribution in [0.3, 0.4) is 0 Å². The van der Waals surface area contributed by atoms with Crippen LogP contribution in [0, 0.1) is 6.92 Å². The standard InChI is InChI=1S/C17H19NO4S/c1-4-12-8-15(23-11(12)2)17(20)22-10-16(19)18-13-6-5-7-14(9-13)21-3/h5-9H,4,10H2,1-3H3,(H,18,19). The van der Waals surface area contributed by atoms with E-state index in [0.29, 0.717) is 16.3 Å². The van der Waals surface area contributed by atoms with Crippen molar-refractivity contribution in [1.82, 2.24) is 0 Å². The fourth-order valence-electron chi connectivity index (χ4n) is 2.07. The van der Waals surface area contributed by atoms with E-state index in [1.807, 2.05) is 19.9 Å². The van der Waals surface area contributed by atoms with E-state index in [0.717, 1.165) is 16.9 Å². The number of ether oxygens (including phenoxy) is 2. The average Bonchev–Trinajstić information content (AvgIpc) is 2.93. The number of rotatable bonds is 6. The Morgan fingerprint density at radius 2 is 2.04 bits per heavy atom. The molecule has 0 aliphatic heterocycles. The number of esters is 1. The van der Waals surface area contributed by atoms with Gasteiger partial charge in [-0.25, -0.2) is 4.79 Å². The highest BCUT2D eigenvalue weighted by Crippen LogP contribution is 2.22. The third-order valence-electron chi connectivity index (χ3n) is 3.29. The highest BCUT2D eigenvalue weighted by Gasteiger charge is 2.14. The van der Waals surface area contributed by atoms with Crippen molar-refractivity contribution in [3.63, 3.8) is 0 Å². The largest absolute Gasteiger partial charge is 0.497 e. The highest BCUT2D eigenvalue weighted by molar-refractivity contribution is 7.14. The summed E-state index contributed by atoms with van der Waals surface area (Å²) >= 11 is 1.38. The molecule has 0 saturated carbocycles. The molecule has 6 heteroatoms. The molecule has 0 aliphatic carbocycles. The Bertz CT molecular complexity index is 708. The van der Waals surface area contributed by atoms with Crippen molar-refractivity contribution in [3.05, 3.63) is 45.6 Å². The van der Waals surface area contributed by atoms with Crippen LogP contribution >= 0.6 is 11.3 Å². The smallest absolute Gasteiger partial charge is 0.348 e. The van der Waals surface area contributed by atoms with Crippen LogP contribution in [0.2, 0.25) is 0 Å². The van der Waals surface area contributed by atoms with Crippen LogP contribution in [-0.4, -0.2) is 25.6 Å². The summed E-state index contributed by atoms with van der Waals surface area (Å²) < 4.78 is 10.1. The van der Waals surface area contributed by atoms with Gasteiger partial charge in [-0.15, -0.1) is 11.3 Å². The molecular formula is C17H19NO4S. The zero-order valence-corrected chi connectivity index (χ0v) is 14.2. The van der Waals surface area contributed by atoms with Crippen LogP contribution in [0.25, 0.3) is 0 Å². The summed E-state index contributed by atoms with van der Waals surface area (Å²) in [5.74, 6) is -0.227. The lowest BCUT2D eigenvalue weighted by Gasteiger charge is -2.07. The number of thiophene rings is 1. The Labute approximate surface area is 139 Å². The fraction of sp³-hybridized carbons (Fsp3) is 0.294. The number of methoxy groups -OCH3 is 1. The Balaban J connectivity index is 1.89. The Morgan fingerprint density at radius 1 is 1.26 bits per heavy atom. The van der Waals surface area contributed by atoms with Crippen molar-refractivity contribution in [2.75, 3.05) is 19.0 Å². The quantitative estimate of drug-likeness (QED) is 0.823. The predicted molar refractivity (Wildman–Crippen MR) is 90.3 cm³/mol. The summed E-state index contributed by atoms with van der Waals surface area (Å²) in [7, 11) is 1.55. The third kappa shape index (κ3) is 4.56. The number of carbonyl (C=O) groups excluding carboxylic acids is 2. The van der Waals surface area contributed by atoms with Gasteiger partial charge in [0.05, 0.1) is 7.11 Å². The molecule has 0 radical (unpaired) electrons. The van der Waals surface area contributed by atoms with E-state index in [2.05, 4.69) is 5.32 Å². The van der Waals surface area contributed by atoms with E-state index >= 15 is 0 Å². The summed E-state index contributed by atoms with van der Waals surface area (Å²) in [5.41, 5.74) is 1.72. The first-order chi connectivity index (χ1) is 11.0. The Morgan fingerprint density at radius 3 is 2.70 bits per heavy atom. The molecular weight excluding hydrogens is 314 g/mol. The maximum absolute atomic E-state index is 12.0.